The molecule has 1 aliphatic heterocycles. The molecule has 0 bridgehead atoms. The molecule has 0 radical (unpaired) electrons. The molecule has 0 aliphatic carbocycles. The Kier molecular flexibility index (Phi) is 5.54. The Morgan fingerprint density at radius 2 is 1.70 bits per heavy atom. The minimum Gasteiger partial charge on any atom is -0.469 e. The standard InChI is InChI=1S/C21H22N2O4/c1-15(24)16-8-10-17(11-9-16)22-14-19(12-13-20(25)27-2)23(21(22)26)18-6-4-3-5-7-18/h3-11,19H,12-14H2,1-2H3. The number of anilines is 2. The van der Waals surface area contributed by atoms with E-state index in [0.717, 1.165) is 11.4 Å². The molecule has 1 saturated heterocycles. The van der Waals surface area contributed by atoms with Gasteiger partial charge in [-0.3, -0.25) is 19.4 Å². The molecule has 1 aliphatic rings. The van der Waals surface area contributed by atoms with Gasteiger partial charge in [0.2, 0.25) is 0 Å². The van der Waals surface area contributed by atoms with Gasteiger partial charge < -0.3 is 4.74 Å². The normalized spacial score (nSPS) is 16.5. The lowest BCUT2D eigenvalue weighted by Gasteiger charge is -2.23. The largest absolute Gasteiger partial charge is 0.469 e. The lowest BCUT2D eigenvalue weighted by atomic mass is 10.1. The van der Waals surface area contributed by atoms with Gasteiger partial charge in [0.1, 0.15) is 0 Å². The predicted molar refractivity (Wildman–Crippen MR) is 103 cm³/mol. The van der Waals surface area contributed by atoms with Crippen LogP contribution in [0.2, 0.25) is 0 Å². The van der Waals surface area contributed by atoms with Gasteiger partial charge >= 0.3 is 12.0 Å². The third-order valence-corrected chi connectivity index (χ3v) is 4.72. The second kappa shape index (κ2) is 8.03. The molecule has 0 aromatic heterocycles. The highest BCUT2D eigenvalue weighted by molar-refractivity contribution is 6.07. The van der Waals surface area contributed by atoms with E-state index in [4.69, 9.17) is 4.74 Å². The first-order valence-corrected chi connectivity index (χ1v) is 8.85. The van der Waals surface area contributed by atoms with Crippen molar-refractivity contribution in [3.8, 4) is 0 Å². The van der Waals surface area contributed by atoms with Crippen LogP contribution in [-0.4, -0.2) is 37.5 Å². The molecule has 2 aromatic carbocycles. The summed E-state index contributed by atoms with van der Waals surface area (Å²) in [7, 11) is 1.36. The molecule has 6 heteroatoms. The molecule has 1 unspecified atom stereocenters. The van der Waals surface area contributed by atoms with E-state index in [2.05, 4.69) is 0 Å². The Labute approximate surface area is 158 Å². The summed E-state index contributed by atoms with van der Waals surface area (Å²) in [6.07, 6.45) is 0.754. The van der Waals surface area contributed by atoms with E-state index in [1.807, 2.05) is 30.3 Å². The van der Waals surface area contributed by atoms with Crippen molar-refractivity contribution in [2.24, 2.45) is 0 Å². The van der Waals surface area contributed by atoms with Gasteiger partial charge in [-0.2, -0.15) is 0 Å². The summed E-state index contributed by atoms with van der Waals surface area (Å²) >= 11 is 0. The first-order valence-electron chi connectivity index (χ1n) is 8.85. The minimum absolute atomic E-state index is 0.0174. The van der Waals surface area contributed by atoms with Crippen LogP contribution in [0.3, 0.4) is 0 Å². The number of para-hydroxylation sites is 1. The van der Waals surface area contributed by atoms with Crippen LogP contribution in [0.4, 0.5) is 16.2 Å². The van der Waals surface area contributed by atoms with Crippen LogP contribution in [0.5, 0.6) is 0 Å². The quantitative estimate of drug-likeness (QED) is 0.578. The minimum atomic E-state index is -0.292. The number of amides is 2. The number of nitrogens with zero attached hydrogens (tertiary/aromatic N) is 2. The topological polar surface area (TPSA) is 66.9 Å². The van der Waals surface area contributed by atoms with E-state index < -0.39 is 0 Å². The Morgan fingerprint density at radius 3 is 2.30 bits per heavy atom. The maximum absolute atomic E-state index is 13.1. The number of Topliss-reactive ketones (excluding diaryl/α,β-unsaturated/α-hetero) is 1. The SMILES string of the molecule is COC(=O)CCC1CN(c2ccc(C(C)=O)cc2)C(=O)N1c1ccccc1. The summed E-state index contributed by atoms with van der Waals surface area (Å²) in [5.41, 5.74) is 2.12. The number of hydrogen-bond acceptors (Lipinski definition) is 4. The third kappa shape index (κ3) is 4.00. The number of methoxy groups -OCH3 is 1. The van der Waals surface area contributed by atoms with Crippen molar-refractivity contribution < 1.29 is 19.1 Å². The van der Waals surface area contributed by atoms with Gasteiger partial charge in [0.05, 0.1) is 13.2 Å². The van der Waals surface area contributed by atoms with E-state index in [1.54, 1.807) is 34.1 Å². The smallest absolute Gasteiger partial charge is 0.329 e. The summed E-state index contributed by atoms with van der Waals surface area (Å²) in [6.45, 7) is 1.97. The number of ether oxygens (including phenoxy) is 1. The van der Waals surface area contributed by atoms with Gasteiger partial charge in [-0.25, -0.2) is 4.79 Å². The first kappa shape index (κ1) is 18.6. The average Bonchev–Trinajstić information content (AvgIpc) is 3.03. The van der Waals surface area contributed by atoms with E-state index in [0.29, 0.717) is 18.5 Å². The fraction of sp³-hybridized carbons (Fsp3) is 0.286. The van der Waals surface area contributed by atoms with Crippen molar-refractivity contribution in [2.45, 2.75) is 25.8 Å². The molecule has 1 atom stereocenters. The van der Waals surface area contributed by atoms with Gasteiger partial charge in [-0.1, -0.05) is 18.2 Å². The average molecular weight is 366 g/mol. The van der Waals surface area contributed by atoms with Crippen molar-refractivity contribution in [2.75, 3.05) is 23.5 Å². The molecule has 3 rings (SSSR count). The molecular weight excluding hydrogens is 344 g/mol. The molecule has 2 aromatic rings. The van der Waals surface area contributed by atoms with E-state index in [-0.39, 0.29) is 30.2 Å². The molecule has 0 N–H and O–H groups in total. The second-order valence-corrected chi connectivity index (χ2v) is 6.47. The Bertz CT molecular complexity index is 833. The zero-order chi connectivity index (χ0) is 19.4. The lowest BCUT2D eigenvalue weighted by molar-refractivity contribution is -0.140. The second-order valence-electron chi connectivity index (χ2n) is 6.47. The zero-order valence-corrected chi connectivity index (χ0v) is 15.4. The molecule has 1 fully saturated rings. The van der Waals surface area contributed by atoms with Gasteiger partial charge in [0.25, 0.3) is 0 Å². The number of ketones is 1. The molecule has 2 amide bonds. The summed E-state index contributed by atoms with van der Waals surface area (Å²) in [5.74, 6) is -0.309. The van der Waals surface area contributed by atoms with Gasteiger partial charge in [0.15, 0.2) is 5.78 Å². The molecule has 0 saturated carbocycles. The van der Waals surface area contributed by atoms with Crippen LogP contribution in [0.15, 0.2) is 54.6 Å². The number of benzene rings is 2. The molecule has 1 heterocycles. The lowest BCUT2D eigenvalue weighted by Crippen LogP contribution is -2.35. The van der Waals surface area contributed by atoms with Crippen molar-refractivity contribution >= 4 is 29.2 Å². The Hall–Kier alpha value is -3.15. The highest BCUT2D eigenvalue weighted by Crippen LogP contribution is 2.31. The number of urea groups is 1. The fourth-order valence-electron chi connectivity index (χ4n) is 3.27. The molecular formula is C21H22N2O4. The fourth-order valence-corrected chi connectivity index (χ4v) is 3.27. The van der Waals surface area contributed by atoms with Gasteiger partial charge in [0, 0.05) is 29.9 Å². The van der Waals surface area contributed by atoms with Crippen LogP contribution in [0, 0.1) is 0 Å². The van der Waals surface area contributed by atoms with Crippen LogP contribution in [0.1, 0.15) is 30.1 Å². The highest BCUT2D eigenvalue weighted by Gasteiger charge is 2.39. The summed E-state index contributed by atoms with van der Waals surface area (Å²) in [4.78, 5) is 39.6. The zero-order valence-electron chi connectivity index (χ0n) is 15.4. The predicted octanol–water partition coefficient (Wildman–Crippen LogP) is 3.66. The van der Waals surface area contributed by atoms with Crippen molar-refractivity contribution in [3.63, 3.8) is 0 Å². The molecule has 6 nitrogen and oxygen atoms in total. The van der Waals surface area contributed by atoms with Crippen molar-refractivity contribution in [1.29, 1.82) is 0 Å². The number of esters is 1. The Morgan fingerprint density at radius 1 is 1.04 bits per heavy atom. The van der Waals surface area contributed by atoms with Crippen LogP contribution >= 0.6 is 0 Å². The highest BCUT2D eigenvalue weighted by atomic mass is 16.5. The molecule has 140 valence electrons. The van der Waals surface area contributed by atoms with Gasteiger partial charge in [-0.05, 0) is 49.7 Å². The van der Waals surface area contributed by atoms with Crippen LogP contribution in [-0.2, 0) is 9.53 Å². The summed E-state index contributed by atoms with van der Waals surface area (Å²) < 4.78 is 4.74. The maximum Gasteiger partial charge on any atom is 0.329 e. The number of rotatable bonds is 6. The number of carbonyl (C=O) groups excluding carboxylic acids is 3. The number of carbonyl (C=O) groups is 3. The number of hydrogen-bond donors (Lipinski definition) is 0. The molecule has 0 spiro atoms. The third-order valence-electron chi connectivity index (χ3n) is 4.72. The monoisotopic (exact) mass is 366 g/mol. The maximum atomic E-state index is 13.1. The Balaban J connectivity index is 1.87. The first-order chi connectivity index (χ1) is 13.0. The molecule has 27 heavy (non-hydrogen) atoms. The van der Waals surface area contributed by atoms with Gasteiger partial charge in [-0.15, -0.1) is 0 Å². The van der Waals surface area contributed by atoms with Crippen LogP contribution < -0.4 is 9.80 Å². The summed E-state index contributed by atoms with van der Waals surface area (Å²) in [5, 5.41) is 0. The van der Waals surface area contributed by atoms with Crippen LogP contribution in [0.25, 0.3) is 0 Å². The van der Waals surface area contributed by atoms with Crippen molar-refractivity contribution in [3.05, 3.63) is 60.2 Å². The summed E-state index contributed by atoms with van der Waals surface area (Å²) in [6, 6.07) is 16.1. The van der Waals surface area contributed by atoms with E-state index >= 15 is 0 Å². The van der Waals surface area contributed by atoms with E-state index in [1.165, 1.54) is 14.0 Å². The van der Waals surface area contributed by atoms with Crippen molar-refractivity contribution in [1.82, 2.24) is 0 Å². The van der Waals surface area contributed by atoms with E-state index in [9.17, 15) is 14.4 Å².